The number of benzene rings is 1. The van der Waals surface area contributed by atoms with Crippen LogP contribution in [0.25, 0.3) is 0 Å². The first-order valence-electron chi connectivity index (χ1n) is 10.2. The van der Waals surface area contributed by atoms with Crippen molar-refractivity contribution in [2.75, 3.05) is 0 Å². The van der Waals surface area contributed by atoms with E-state index in [1.54, 1.807) is 0 Å². The van der Waals surface area contributed by atoms with Gasteiger partial charge in [0.15, 0.2) is 0 Å². The van der Waals surface area contributed by atoms with E-state index >= 15 is 0 Å². The van der Waals surface area contributed by atoms with Crippen LogP contribution in [0.15, 0.2) is 30.4 Å². The standard InChI is InChI=1S/C23H33NO/c1-14(2)23-12-11-19-18-8-6-17(25)13-16(18)5-7-20(19)21(23)9-10-22(23)24-15(3)4/h6,8,13,15,19-22,24-25H,1,5,7,9-12H2,2-4H3/t19?,20?,21?,22?,23-/m1/s1. The summed E-state index contributed by atoms with van der Waals surface area (Å²) in [7, 11) is 0. The van der Waals surface area contributed by atoms with Crippen molar-refractivity contribution in [3.05, 3.63) is 41.5 Å². The zero-order chi connectivity index (χ0) is 17.8. The molecular formula is C23H33NO. The molecule has 0 heterocycles. The molecule has 25 heavy (non-hydrogen) atoms. The van der Waals surface area contributed by atoms with Gasteiger partial charge in [0, 0.05) is 17.5 Å². The SMILES string of the molecule is C=C(C)[C@]12CCC3c4ccc(O)cc4CCC3C1CCC2NC(C)C. The van der Waals surface area contributed by atoms with Crippen molar-refractivity contribution in [1.82, 2.24) is 5.32 Å². The van der Waals surface area contributed by atoms with Gasteiger partial charge in [0.2, 0.25) is 0 Å². The van der Waals surface area contributed by atoms with Crippen LogP contribution in [0.4, 0.5) is 0 Å². The fraction of sp³-hybridized carbons (Fsp3) is 0.652. The van der Waals surface area contributed by atoms with Gasteiger partial charge in [0.1, 0.15) is 5.75 Å². The molecule has 1 aromatic rings. The van der Waals surface area contributed by atoms with Crippen LogP contribution < -0.4 is 5.32 Å². The number of hydrogen-bond acceptors (Lipinski definition) is 2. The molecule has 0 aromatic heterocycles. The van der Waals surface area contributed by atoms with E-state index < -0.39 is 0 Å². The number of phenolic OH excluding ortho intramolecular Hbond substituents is 1. The smallest absolute Gasteiger partial charge is 0.115 e. The van der Waals surface area contributed by atoms with Crippen LogP contribution in [0.1, 0.15) is 69.9 Å². The number of nitrogens with one attached hydrogen (secondary N) is 1. The number of phenols is 1. The molecule has 0 aliphatic heterocycles. The Morgan fingerprint density at radius 3 is 2.76 bits per heavy atom. The second-order valence-electron chi connectivity index (χ2n) is 9.11. The Morgan fingerprint density at radius 1 is 1.24 bits per heavy atom. The van der Waals surface area contributed by atoms with Gasteiger partial charge in [-0.3, -0.25) is 0 Å². The molecule has 1 aromatic carbocycles. The summed E-state index contributed by atoms with van der Waals surface area (Å²) in [6.07, 6.45) is 7.55. The summed E-state index contributed by atoms with van der Waals surface area (Å²) in [4.78, 5) is 0. The average molecular weight is 340 g/mol. The number of hydrogen-bond donors (Lipinski definition) is 2. The van der Waals surface area contributed by atoms with Crippen molar-refractivity contribution in [2.24, 2.45) is 17.3 Å². The van der Waals surface area contributed by atoms with Gasteiger partial charge in [-0.05, 0) is 86.5 Å². The molecule has 4 rings (SSSR count). The van der Waals surface area contributed by atoms with Crippen LogP contribution in [0, 0.1) is 17.3 Å². The molecule has 2 fully saturated rings. The molecular weight excluding hydrogens is 306 g/mol. The van der Waals surface area contributed by atoms with Gasteiger partial charge in [-0.25, -0.2) is 0 Å². The second kappa shape index (κ2) is 6.16. The van der Waals surface area contributed by atoms with E-state index in [1.807, 2.05) is 12.1 Å². The zero-order valence-corrected chi connectivity index (χ0v) is 16.0. The first kappa shape index (κ1) is 17.1. The van der Waals surface area contributed by atoms with Crippen molar-refractivity contribution in [3.8, 4) is 5.75 Å². The third-order valence-electron chi connectivity index (χ3n) is 7.55. The molecule has 0 amide bonds. The third kappa shape index (κ3) is 2.56. The lowest BCUT2D eigenvalue weighted by atomic mass is 9.52. The van der Waals surface area contributed by atoms with Crippen molar-refractivity contribution in [1.29, 1.82) is 0 Å². The lowest BCUT2D eigenvalue weighted by Gasteiger charge is -2.53. The molecule has 2 saturated carbocycles. The molecule has 5 atom stereocenters. The molecule has 2 heteroatoms. The van der Waals surface area contributed by atoms with E-state index in [4.69, 9.17) is 0 Å². The fourth-order valence-corrected chi connectivity index (χ4v) is 6.71. The van der Waals surface area contributed by atoms with Crippen LogP contribution in [0.2, 0.25) is 0 Å². The number of rotatable bonds is 3. The van der Waals surface area contributed by atoms with E-state index in [0.717, 1.165) is 18.3 Å². The average Bonchev–Trinajstić information content (AvgIpc) is 2.93. The van der Waals surface area contributed by atoms with Gasteiger partial charge in [-0.2, -0.15) is 0 Å². The zero-order valence-electron chi connectivity index (χ0n) is 16.0. The largest absolute Gasteiger partial charge is 0.508 e. The normalized spacial score (nSPS) is 36.6. The lowest BCUT2D eigenvalue weighted by molar-refractivity contribution is 0.0542. The summed E-state index contributed by atoms with van der Waals surface area (Å²) < 4.78 is 0. The Bertz CT molecular complexity index is 679. The second-order valence-corrected chi connectivity index (χ2v) is 9.11. The van der Waals surface area contributed by atoms with Gasteiger partial charge in [-0.15, -0.1) is 0 Å². The minimum atomic E-state index is 0.292. The Kier molecular flexibility index (Phi) is 4.22. The third-order valence-corrected chi connectivity index (χ3v) is 7.55. The van der Waals surface area contributed by atoms with E-state index in [-0.39, 0.29) is 0 Å². The van der Waals surface area contributed by atoms with Gasteiger partial charge in [0.25, 0.3) is 0 Å². The van der Waals surface area contributed by atoms with Gasteiger partial charge in [-0.1, -0.05) is 32.1 Å². The fourth-order valence-electron chi connectivity index (χ4n) is 6.71. The molecule has 2 nitrogen and oxygen atoms in total. The van der Waals surface area contributed by atoms with Crippen molar-refractivity contribution >= 4 is 0 Å². The molecule has 0 radical (unpaired) electrons. The van der Waals surface area contributed by atoms with Gasteiger partial charge in [0.05, 0.1) is 0 Å². The molecule has 3 aliphatic carbocycles. The molecule has 0 bridgehead atoms. The molecule has 0 saturated heterocycles. The maximum absolute atomic E-state index is 9.85. The Balaban J connectivity index is 1.69. The highest BCUT2D eigenvalue weighted by Gasteiger charge is 2.57. The van der Waals surface area contributed by atoms with E-state index in [1.165, 1.54) is 48.8 Å². The minimum Gasteiger partial charge on any atom is -0.508 e. The van der Waals surface area contributed by atoms with E-state index in [2.05, 4.69) is 38.7 Å². The van der Waals surface area contributed by atoms with Crippen molar-refractivity contribution < 1.29 is 5.11 Å². The van der Waals surface area contributed by atoms with Gasteiger partial charge >= 0.3 is 0 Å². The summed E-state index contributed by atoms with van der Waals surface area (Å²) in [5, 5.41) is 13.7. The molecule has 0 spiro atoms. The predicted octanol–water partition coefficient (Wildman–Crippen LogP) is 5.17. The first-order chi connectivity index (χ1) is 11.9. The predicted molar refractivity (Wildman–Crippen MR) is 104 cm³/mol. The molecule has 3 aliphatic rings. The summed E-state index contributed by atoms with van der Waals surface area (Å²) in [5.74, 6) is 2.65. The summed E-state index contributed by atoms with van der Waals surface area (Å²) in [5.41, 5.74) is 4.60. The van der Waals surface area contributed by atoms with Gasteiger partial charge < -0.3 is 10.4 Å². The Labute approximate surface area is 152 Å². The van der Waals surface area contributed by atoms with Crippen molar-refractivity contribution in [2.45, 2.75) is 77.3 Å². The highest BCUT2D eigenvalue weighted by atomic mass is 16.3. The summed E-state index contributed by atoms with van der Waals surface area (Å²) in [6, 6.07) is 7.22. The molecule has 2 N–H and O–H groups in total. The van der Waals surface area contributed by atoms with Crippen LogP contribution >= 0.6 is 0 Å². The quantitative estimate of drug-likeness (QED) is 0.745. The molecule has 136 valence electrons. The highest BCUT2D eigenvalue weighted by Crippen LogP contribution is 2.63. The number of aryl methyl sites for hydroxylation is 1. The minimum absolute atomic E-state index is 0.292. The van der Waals surface area contributed by atoms with E-state index in [9.17, 15) is 5.11 Å². The number of fused-ring (bicyclic) bond motifs is 5. The van der Waals surface area contributed by atoms with E-state index in [0.29, 0.717) is 29.2 Å². The number of aromatic hydroxyl groups is 1. The lowest BCUT2D eigenvalue weighted by Crippen LogP contribution is -2.52. The summed E-state index contributed by atoms with van der Waals surface area (Å²) in [6.45, 7) is 11.3. The topological polar surface area (TPSA) is 32.3 Å². The Hall–Kier alpha value is -1.28. The first-order valence-corrected chi connectivity index (χ1v) is 10.2. The highest BCUT2D eigenvalue weighted by molar-refractivity contribution is 5.40. The maximum atomic E-state index is 9.85. The summed E-state index contributed by atoms with van der Waals surface area (Å²) >= 11 is 0. The van der Waals surface area contributed by atoms with Crippen LogP contribution in [0.5, 0.6) is 5.75 Å². The van der Waals surface area contributed by atoms with Crippen LogP contribution in [0.3, 0.4) is 0 Å². The maximum Gasteiger partial charge on any atom is 0.115 e. The Morgan fingerprint density at radius 2 is 2.04 bits per heavy atom. The van der Waals surface area contributed by atoms with Crippen molar-refractivity contribution in [3.63, 3.8) is 0 Å². The molecule has 4 unspecified atom stereocenters. The van der Waals surface area contributed by atoms with Crippen LogP contribution in [-0.4, -0.2) is 17.2 Å². The monoisotopic (exact) mass is 339 g/mol. The van der Waals surface area contributed by atoms with Crippen LogP contribution in [-0.2, 0) is 6.42 Å².